The third kappa shape index (κ3) is 5.61. The van der Waals surface area contributed by atoms with Gasteiger partial charge in [-0.2, -0.15) is 0 Å². The number of methoxy groups -OCH3 is 1. The van der Waals surface area contributed by atoms with Crippen LogP contribution in [-0.4, -0.2) is 37.3 Å². The maximum Gasteiger partial charge on any atom is 0.330 e. The monoisotopic (exact) mass is 389 g/mol. The van der Waals surface area contributed by atoms with Crippen molar-refractivity contribution in [3.63, 3.8) is 0 Å². The van der Waals surface area contributed by atoms with Crippen LogP contribution >= 0.6 is 0 Å². The number of benzene rings is 2. The molecule has 2 N–H and O–H groups in total. The van der Waals surface area contributed by atoms with Crippen molar-refractivity contribution in [1.82, 2.24) is 5.32 Å². The van der Waals surface area contributed by atoms with Crippen LogP contribution in [0.1, 0.15) is 38.7 Å². The molecule has 0 aromatic heterocycles. The zero-order valence-corrected chi connectivity index (χ0v) is 16.1. The van der Waals surface area contributed by atoms with Gasteiger partial charge < -0.3 is 19.9 Å². The number of rotatable bonds is 9. The fraction of sp³-hybridized carbons (Fsp3) is 0.333. The van der Waals surface area contributed by atoms with Gasteiger partial charge in [0.2, 0.25) is 0 Å². The van der Waals surface area contributed by atoms with Crippen LogP contribution in [-0.2, 0) is 20.9 Å². The van der Waals surface area contributed by atoms with Gasteiger partial charge in [0, 0.05) is 18.2 Å². The Morgan fingerprint density at radius 3 is 2.50 bits per heavy atom. The number of aliphatic carboxylic acids is 1. The van der Waals surface area contributed by atoms with Crippen LogP contribution in [0, 0.1) is 19.7 Å². The lowest BCUT2D eigenvalue weighted by molar-refractivity contribution is -0.139. The first-order chi connectivity index (χ1) is 13.3. The van der Waals surface area contributed by atoms with Crippen LogP contribution in [0.4, 0.5) is 4.39 Å². The Morgan fingerprint density at radius 2 is 1.86 bits per heavy atom. The molecule has 0 aliphatic heterocycles. The SMILES string of the molecule is COCCOCc1cc(C(=O)NC(C(=O)O)c2ccc(C)c(C)c2)ccc1F. The first-order valence-corrected chi connectivity index (χ1v) is 8.79. The molecule has 150 valence electrons. The lowest BCUT2D eigenvalue weighted by Crippen LogP contribution is -2.34. The van der Waals surface area contributed by atoms with Gasteiger partial charge in [-0.15, -0.1) is 0 Å². The Kier molecular flexibility index (Phi) is 7.66. The number of carboxylic acids is 1. The number of carboxylic acid groups (broad SMARTS) is 1. The molecule has 7 heteroatoms. The van der Waals surface area contributed by atoms with Gasteiger partial charge in [-0.25, -0.2) is 9.18 Å². The third-order valence-electron chi connectivity index (χ3n) is 4.38. The fourth-order valence-electron chi connectivity index (χ4n) is 2.60. The lowest BCUT2D eigenvalue weighted by Gasteiger charge is -2.17. The molecule has 2 aromatic rings. The second kappa shape index (κ2) is 9.96. The standard InChI is InChI=1S/C21H24FNO5/c1-13-4-5-15(10-14(13)2)19(21(25)26)23-20(24)16-6-7-18(22)17(11-16)12-28-9-8-27-3/h4-7,10-11,19H,8-9,12H2,1-3H3,(H,23,24)(H,25,26). The molecule has 0 aliphatic rings. The number of aryl methyl sites for hydroxylation is 2. The van der Waals surface area contributed by atoms with Gasteiger partial charge in [0.1, 0.15) is 5.82 Å². The number of nitrogens with one attached hydrogen (secondary N) is 1. The molecule has 0 fully saturated rings. The maximum atomic E-state index is 13.9. The highest BCUT2D eigenvalue weighted by atomic mass is 19.1. The van der Waals surface area contributed by atoms with E-state index in [0.29, 0.717) is 18.8 Å². The van der Waals surface area contributed by atoms with Crippen molar-refractivity contribution in [2.75, 3.05) is 20.3 Å². The van der Waals surface area contributed by atoms with E-state index in [4.69, 9.17) is 9.47 Å². The molecular formula is C21H24FNO5. The van der Waals surface area contributed by atoms with Gasteiger partial charge in [0.15, 0.2) is 6.04 Å². The highest BCUT2D eigenvalue weighted by Crippen LogP contribution is 2.19. The average molecular weight is 389 g/mol. The van der Waals surface area contributed by atoms with E-state index in [0.717, 1.165) is 17.2 Å². The molecule has 0 spiro atoms. The summed E-state index contributed by atoms with van der Waals surface area (Å²) >= 11 is 0. The summed E-state index contributed by atoms with van der Waals surface area (Å²) in [4.78, 5) is 24.2. The first-order valence-electron chi connectivity index (χ1n) is 8.79. The number of hydrogen-bond donors (Lipinski definition) is 2. The Labute approximate surface area is 163 Å². The van der Waals surface area contributed by atoms with Gasteiger partial charge in [0.25, 0.3) is 5.91 Å². The van der Waals surface area contributed by atoms with E-state index in [2.05, 4.69) is 5.32 Å². The predicted octanol–water partition coefficient (Wildman–Crippen LogP) is 3.16. The fourth-order valence-corrected chi connectivity index (χ4v) is 2.60. The van der Waals surface area contributed by atoms with Gasteiger partial charge in [-0.05, 0) is 48.7 Å². The summed E-state index contributed by atoms with van der Waals surface area (Å²) in [5.74, 6) is -2.29. The quantitative estimate of drug-likeness (QED) is 0.644. The van der Waals surface area contributed by atoms with E-state index in [1.165, 1.54) is 19.2 Å². The molecule has 6 nitrogen and oxygen atoms in total. The second-order valence-corrected chi connectivity index (χ2v) is 6.44. The predicted molar refractivity (Wildman–Crippen MR) is 102 cm³/mol. The summed E-state index contributed by atoms with van der Waals surface area (Å²) in [5, 5.41) is 12.0. The van der Waals surface area contributed by atoms with Crippen LogP contribution in [0.5, 0.6) is 0 Å². The van der Waals surface area contributed by atoms with Crippen molar-refractivity contribution < 1.29 is 28.6 Å². The van der Waals surface area contributed by atoms with Crippen LogP contribution in [0.3, 0.4) is 0 Å². The Morgan fingerprint density at radius 1 is 1.11 bits per heavy atom. The minimum Gasteiger partial charge on any atom is -0.479 e. The molecule has 1 amide bonds. The van der Waals surface area contributed by atoms with E-state index in [1.54, 1.807) is 18.2 Å². The van der Waals surface area contributed by atoms with Crippen molar-refractivity contribution in [3.05, 3.63) is 70.0 Å². The summed E-state index contributed by atoms with van der Waals surface area (Å²) in [6, 6.07) is 7.82. The van der Waals surface area contributed by atoms with Crippen molar-refractivity contribution in [1.29, 1.82) is 0 Å². The minimum absolute atomic E-state index is 0.0180. The number of carbonyl (C=O) groups is 2. The normalized spacial score (nSPS) is 11.9. The van der Waals surface area contributed by atoms with E-state index >= 15 is 0 Å². The molecule has 1 unspecified atom stereocenters. The van der Waals surface area contributed by atoms with Gasteiger partial charge in [-0.1, -0.05) is 18.2 Å². The minimum atomic E-state index is -1.21. The summed E-state index contributed by atoms with van der Waals surface area (Å²) in [7, 11) is 1.53. The molecule has 0 saturated heterocycles. The smallest absolute Gasteiger partial charge is 0.330 e. The van der Waals surface area contributed by atoms with Gasteiger partial charge in [-0.3, -0.25) is 4.79 Å². The molecule has 0 heterocycles. The zero-order valence-electron chi connectivity index (χ0n) is 16.1. The van der Waals surface area contributed by atoms with Gasteiger partial charge >= 0.3 is 5.97 Å². The molecule has 0 radical (unpaired) electrons. The molecule has 28 heavy (non-hydrogen) atoms. The molecule has 0 bridgehead atoms. The molecular weight excluding hydrogens is 365 g/mol. The number of amides is 1. The van der Waals surface area contributed by atoms with Crippen LogP contribution in [0.15, 0.2) is 36.4 Å². The molecule has 2 aromatic carbocycles. The lowest BCUT2D eigenvalue weighted by atomic mass is 10.0. The van der Waals surface area contributed by atoms with Crippen molar-refractivity contribution >= 4 is 11.9 Å². The van der Waals surface area contributed by atoms with Crippen LogP contribution < -0.4 is 5.32 Å². The van der Waals surface area contributed by atoms with E-state index in [-0.39, 0.29) is 17.7 Å². The molecule has 0 aliphatic carbocycles. The maximum absolute atomic E-state index is 13.9. The third-order valence-corrected chi connectivity index (χ3v) is 4.38. The summed E-state index contributed by atoms with van der Waals surface area (Å²) in [6.07, 6.45) is 0. The number of hydrogen-bond acceptors (Lipinski definition) is 4. The first kappa shape index (κ1) is 21.5. The molecule has 1 atom stereocenters. The molecule has 2 rings (SSSR count). The average Bonchev–Trinajstić information content (AvgIpc) is 2.66. The van der Waals surface area contributed by atoms with Crippen LogP contribution in [0.25, 0.3) is 0 Å². The van der Waals surface area contributed by atoms with Crippen molar-refractivity contribution in [2.24, 2.45) is 0 Å². The number of carbonyl (C=O) groups excluding carboxylic acids is 1. The highest BCUT2D eigenvalue weighted by molar-refractivity contribution is 5.97. The van der Waals surface area contributed by atoms with Crippen molar-refractivity contribution in [2.45, 2.75) is 26.5 Å². The number of halogens is 1. The number of ether oxygens (including phenoxy) is 2. The van der Waals surface area contributed by atoms with Gasteiger partial charge in [0.05, 0.1) is 19.8 Å². The molecule has 0 saturated carbocycles. The zero-order chi connectivity index (χ0) is 20.7. The summed E-state index contributed by atoms with van der Waals surface area (Å²) < 4.78 is 24.1. The van der Waals surface area contributed by atoms with E-state index in [9.17, 15) is 19.1 Å². The van der Waals surface area contributed by atoms with E-state index < -0.39 is 23.7 Å². The van der Waals surface area contributed by atoms with Crippen molar-refractivity contribution in [3.8, 4) is 0 Å². The highest BCUT2D eigenvalue weighted by Gasteiger charge is 2.23. The Bertz CT molecular complexity index is 853. The van der Waals surface area contributed by atoms with E-state index in [1.807, 2.05) is 13.8 Å². The Balaban J connectivity index is 2.17. The summed E-state index contributed by atoms with van der Waals surface area (Å²) in [5.41, 5.74) is 2.78. The largest absolute Gasteiger partial charge is 0.479 e. The Hall–Kier alpha value is -2.77. The second-order valence-electron chi connectivity index (χ2n) is 6.44. The summed E-state index contributed by atoms with van der Waals surface area (Å²) in [6.45, 7) is 4.44. The van der Waals surface area contributed by atoms with Crippen LogP contribution in [0.2, 0.25) is 0 Å². The topological polar surface area (TPSA) is 84.9 Å².